The van der Waals surface area contributed by atoms with Crippen molar-refractivity contribution in [3.05, 3.63) is 30.1 Å². The summed E-state index contributed by atoms with van der Waals surface area (Å²) in [7, 11) is 0. The zero-order valence-corrected chi connectivity index (χ0v) is 11.9. The van der Waals surface area contributed by atoms with E-state index in [4.69, 9.17) is 0 Å². The summed E-state index contributed by atoms with van der Waals surface area (Å²) in [4.78, 5) is 4.13. The number of nitrogens with zero attached hydrogens (tertiary/aromatic N) is 1. The van der Waals surface area contributed by atoms with E-state index in [1.165, 1.54) is 37.9 Å². The fourth-order valence-electron chi connectivity index (χ4n) is 1.95. The predicted molar refractivity (Wildman–Crippen MR) is 76.2 cm³/mol. The molecule has 0 amide bonds. The van der Waals surface area contributed by atoms with E-state index < -0.39 is 0 Å². The van der Waals surface area contributed by atoms with E-state index in [1.54, 1.807) is 0 Å². The molecule has 0 aromatic carbocycles. The van der Waals surface area contributed by atoms with Crippen LogP contribution >= 0.6 is 0 Å². The third-order valence-corrected chi connectivity index (χ3v) is 2.65. The molecule has 1 unspecified atom stereocenters. The minimum Gasteiger partial charge on any atom is -0.316 e. The average molecular weight is 236 g/mol. The highest BCUT2D eigenvalue weighted by Gasteiger charge is 2.12. The van der Waals surface area contributed by atoms with Gasteiger partial charge in [0.2, 0.25) is 0 Å². The van der Waals surface area contributed by atoms with E-state index in [1.807, 2.05) is 46.2 Å². The molecule has 1 aliphatic heterocycles. The molecule has 0 saturated carbocycles. The van der Waals surface area contributed by atoms with E-state index in [0.29, 0.717) is 0 Å². The van der Waals surface area contributed by atoms with Crippen LogP contribution in [-0.4, -0.2) is 18.1 Å². The van der Waals surface area contributed by atoms with Gasteiger partial charge in [0.25, 0.3) is 0 Å². The first-order valence-corrected chi connectivity index (χ1v) is 7.05. The number of pyridine rings is 1. The topological polar surface area (TPSA) is 24.9 Å². The van der Waals surface area contributed by atoms with Gasteiger partial charge in [0, 0.05) is 12.4 Å². The van der Waals surface area contributed by atoms with E-state index in [9.17, 15) is 0 Å². The van der Waals surface area contributed by atoms with Gasteiger partial charge in [-0.15, -0.1) is 0 Å². The molecule has 1 N–H and O–H groups in total. The monoisotopic (exact) mass is 236 g/mol. The third-order valence-electron chi connectivity index (χ3n) is 2.65. The number of nitrogens with one attached hydrogen (secondary N) is 1. The van der Waals surface area contributed by atoms with Gasteiger partial charge in [0.15, 0.2) is 0 Å². The second kappa shape index (κ2) is 11.6. The molecule has 0 spiro atoms. The molecule has 0 bridgehead atoms. The Labute approximate surface area is 107 Å². The Bertz CT molecular complexity index is 240. The maximum atomic E-state index is 4.13. The number of hydrogen-bond acceptors (Lipinski definition) is 2. The zero-order valence-electron chi connectivity index (χ0n) is 11.9. The van der Waals surface area contributed by atoms with Crippen molar-refractivity contribution in [2.45, 2.75) is 47.0 Å². The molecule has 1 atom stereocenters. The quantitative estimate of drug-likeness (QED) is 0.847. The maximum Gasteiger partial charge on any atom is 0.0299 e. The Morgan fingerprint density at radius 3 is 2.59 bits per heavy atom. The summed E-state index contributed by atoms with van der Waals surface area (Å²) in [6.45, 7) is 10.4. The Kier molecular flexibility index (Phi) is 11.0. The number of hydrogen-bond donors (Lipinski definition) is 1. The average Bonchev–Trinajstić information content (AvgIpc) is 2.45. The van der Waals surface area contributed by atoms with Crippen molar-refractivity contribution in [1.82, 2.24) is 10.3 Å². The molecule has 0 radical (unpaired) electrons. The smallest absolute Gasteiger partial charge is 0.0299 e. The molecule has 1 aliphatic rings. The zero-order chi connectivity index (χ0) is 12.9. The van der Waals surface area contributed by atoms with Crippen molar-refractivity contribution < 1.29 is 0 Å². The summed E-state index contributed by atoms with van der Waals surface area (Å²) >= 11 is 0. The summed E-state index contributed by atoms with van der Waals surface area (Å²) in [6.07, 6.45) is 7.69. The predicted octanol–water partition coefficient (Wildman–Crippen LogP) is 3.68. The second-order valence-electron chi connectivity index (χ2n) is 3.78. The van der Waals surface area contributed by atoms with Gasteiger partial charge in [-0.05, 0) is 49.9 Å². The van der Waals surface area contributed by atoms with Crippen molar-refractivity contribution >= 4 is 0 Å². The Hall–Kier alpha value is -0.890. The van der Waals surface area contributed by atoms with E-state index in [2.05, 4.69) is 16.4 Å². The SMILES string of the molecule is CC.CC.c1cncc(CC2CCCNC2)c1. The van der Waals surface area contributed by atoms with Crippen molar-refractivity contribution in [2.75, 3.05) is 13.1 Å². The Balaban J connectivity index is 0.000000581. The summed E-state index contributed by atoms with van der Waals surface area (Å²) in [5.74, 6) is 0.818. The highest BCUT2D eigenvalue weighted by molar-refractivity contribution is 5.09. The van der Waals surface area contributed by atoms with Crippen LogP contribution in [0.4, 0.5) is 0 Å². The molecule has 2 heteroatoms. The van der Waals surface area contributed by atoms with Crippen LogP contribution in [0.25, 0.3) is 0 Å². The molecule has 1 fully saturated rings. The van der Waals surface area contributed by atoms with Crippen LogP contribution in [0, 0.1) is 5.92 Å². The van der Waals surface area contributed by atoms with Crippen molar-refractivity contribution in [3.63, 3.8) is 0 Å². The molecule has 1 saturated heterocycles. The summed E-state index contributed by atoms with van der Waals surface area (Å²) in [6, 6.07) is 4.19. The van der Waals surface area contributed by atoms with Gasteiger partial charge in [0.1, 0.15) is 0 Å². The number of piperidine rings is 1. The summed E-state index contributed by atoms with van der Waals surface area (Å²) < 4.78 is 0. The van der Waals surface area contributed by atoms with E-state index in [0.717, 1.165) is 5.92 Å². The maximum absolute atomic E-state index is 4.13. The van der Waals surface area contributed by atoms with Crippen LogP contribution in [-0.2, 0) is 6.42 Å². The van der Waals surface area contributed by atoms with Gasteiger partial charge in [-0.2, -0.15) is 0 Å². The first-order valence-electron chi connectivity index (χ1n) is 7.05. The second-order valence-corrected chi connectivity index (χ2v) is 3.78. The highest BCUT2D eigenvalue weighted by Crippen LogP contribution is 2.15. The lowest BCUT2D eigenvalue weighted by Crippen LogP contribution is -2.30. The lowest BCUT2D eigenvalue weighted by atomic mass is 9.93. The van der Waals surface area contributed by atoms with Crippen molar-refractivity contribution in [3.8, 4) is 0 Å². The highest BCUT2D eigenvalue weighted by atomic mass is 14.9. The Morgan fingerprint density at radius 1 is 1.29 bits per heavy atom. The molecule has 17 heavy (non-hydrogen) atoms. The molecule has 98 valence electrons. The molecular weight excluding hydrogens is 208 g/mol. The van der Waals surface area contributed by atoms with Crippen LogP contribution in [0.1, 0.15) is 46.1 Å². The van der Waals surface area contributed by atoms with E-state index in [-0.39, 0.29) is 0 Å². The third kappa shape index (κ3) is 7.11. The fourth-order valence-corrected chi connectivity index (χ4v) is 1.95. The van der Waals surface area contributed by atoms with E-state index >= 15 is 0 Å². The van der Waals surface area contributed by atoms with Gasteiger partial charge in [-0.3, -0.25) is 4.98 Å². The lowest BCUT2D eigenvalue weighted by molar-refractivity contribution is 0.376. The molecule has 2 nitrogen and oxygen atoms in total. The molecule has 1 aromatic rings. The number of rotatable bonds is 2. The molecular formula is C15H28N2. The molecule has 1 aromatic heterocycles. The molecule has 0 aliphatic carbocycles. The molecule has 2 rings (SSSR count). The van der Waals surface area contributed by atoms with Gasteiger partial charge in [0.05, 0.1) is 0 Å². The molecule has 2 heterocycles. The first kappa shape index (κ1) is 16.1. The van der Waals surface area contributed by atoms with Crippen LogP contribution in [0.2, 0.25) is 0 Å². The first-order chi connectivity index (χ1) is 8.45. The van der Waals surface area contributed by atoms with Gasteiger partial charge in [-0.1, -0.05) is 33.8 Å². The fraction of sp³-hybridized carbons (Fsp3) is 0.667. The largest absolute Gasteiger partial charge is 0.316 e. The summed E-state index contributed by atoms with van der Waals surface area (Å²) in [5, 5.41) is 3.43. The number of aromatic nitrogens is 1. The van der Waals surface area contributed by atoms with Crippen molar-refractivity contribution in [1.29, 1.82) is 0 Å². The van der Waals surface area contributed by atoms with Crippen LogP contribution in [0.3, 0.4) is 0 Å². The van der Waals surface area contributed by atoms with Crippen LogP contribution in [0.15, 0.2) is 24.5 Å². The standard InChI is InChI=1S/C11H16N2.2C2H6/c1-3-10(8-12-5-1)7-11-4-2-6-13-9-11;2*1-2/h1,3,5,8,11,13H,2,4,6-7,9H2;2*1-2H3. The minimum atomic E-state index is 0.818. The van der Waals surface area contributed by atoms with Crippen LogP contribution in [0.5, 0.6) is 0 Å². The minimum absolute atomic E-state index is 0.818. The van der Waals surface area contributed by atoms with Crippen LogP contribution < -0.4 is 5.32 Å². The lowest BCUT2D eigenvalue weighted by Gasteiger charge is -2.22. The Morgan fingerprint density at radius 2 is 2.06 bits per heavy atom. The van der Waals surface area contributed by atoms with Crippen molar-refractivity contribution in [2.24, 2.45) is 5.92 Å². The van der Waals surface area contributed by atoms with Gasteiger partial charge in [-0.25, -0.2) is 0 Å². The normalized spacial score (nSPS) is 18.2. The van der Waals surface area contributed by atoms with Gasteiger partial charge < -0.3 is 5.32 Å². The van der Waals surface area contributed by atoms with Gasteiger partial charge >= 0.3 is 0 Å². The summed E-state index contributed by atoms with van der Waals surface area (Å²) in [5.41, 5.74) is 1.37.